The largest absolute Gasteiger partial charge is 0.491 e. The van der Waals surface area contributed by atoms with Crippen molar-refractivity contribution in [2.75, 3.05) is 18.1 Å². The third-order valence-electron chi connectivity index (χ3n) is 3.45. The molecule has 0 N–H and O–H groups in total. The van der Waals surface area contributed by atoms with Crippen LogP contribution in [0.3, 0.4) is 0 Å². The second kappa shape index (κ2) is 5.67. The number of alkyl halides is 1. The van der Waals surface area contributed by atoms with Crippen molar-refractivity contribution in [3.05, 3.63) is 47.3 Å². The van der Waals surface area contributed by atoms with Crippen LogP contribution in [-0.2, 0) is 12.4 Å². The van der Waals surface area contributed by atoms with Gasteiger partial charge in [0, 0.05) is 29.6 Å². The third kappa shape index (κ3) is 2.56. The second-order valence-electron chi connectivity index (χ2n) is 4.79. The van der Waals surface area contributed by atoms with Crippen LogP contribution in [0.25, 0.3) is 0 Å². The van der Waals surface area contributed by atoms with Crippen LogP contribution in [-0.4, -0.2) is 23.1 Å². The molecular weight excluding hydrogens is 274 g/mol. The van der Waals surface area contributed by atoms with Gasteiger partial charge in [0.15, 0.2) is 0 Å². The first kappa shape index (κ1) is 13.2. The highest BCUT2D eigenvalue weighted by molar-refractivity contribution is 6.17. The SMILES string of the molecule is Cc1nc(N2CCOc3ccccc3C2)ncc1CCl. The molecule has 0 saturated carbocycles. The van der Waals surface area contributed by atoms with E-state index >= 15 is 0 Å². The minimum atomic E-state index is 0.443. The maximum atomic E-state index is 5.85. The monoisotopic (exact) mass is 289 g/mol. The van der Waals surface area contributed by atoms with Gasteiger partial charge < -0.3 is 9.64 Å². The first-order valence-electron chi connectivity index (χ1n) is 6.62. The van der Waals surface area contributed by atoms with Crippen molar-refractivity contribution in [2.24, 2.45) is 0 Å². The highest BCUT2D eigenvalue weighted by Gasteiger charge is 2.17. The number of benzene rings is 1. The zero-order valence-electron chi connectivity index (χ0n) is 11.3. The molecule has 104 valence electrons. The highest BCUT2D eigenvalue weighted by atomic mass is 35.5. The Kier molecular flexibility index (Phi) is 3.74. The van der Waals surface area contributed by atoms with Crippen LogP contribution in [0.4, 0.5) is 5.95 Å². The second-order valence-corrected chi connectivity index (χ2v) is 5.06. The van der Waals surface area contributed by atoms with Gasteiger partial charge in [-0.25, -0.2) is 9.97 Å². The molecule has 0 unspecified atom stereocenters. The summed E-state index contributed by atoms with van der Waals surface area (Å²) in [5.74, 6) is 2.12. The summed E-state index contributed by atoms with van der Waals surface area (Å²) in [6, 6.07) is 8.09. The van der Waals surface area contributed by atoms with Gasteiger partial charge in [-0.3, -0.25) is 0 Å². The molecule has 20 heavy (non-hydrogen) atoms. The molecule has 3 rings (SSSR count). The van der Waals surface area contributed by atoms with E-state index in [9.17, 15) is 0 Å². The Bertz CT molecular complexity index is 618. The number of para-hydroxylation sites is 1. The summed E-state index contributed by atoms with van der Waals surface area (Å²) >= 11 is 5.85. The van der Waals surface area contributed by atoms with Crippen LogP contribution in [0.15, 0.2) is 30.5 Å². The Morgan fingerprint density at radius 2 is 2.20 bits per heavy atom. The van der Waals surface area contributed by atoms with E-state index in [0.29, 0.717) is 12.5 Å². The third-order valence-corrected chi connectivity index (χ3v) is 3.74. The predicted octanol–water partition coefficient (Wildman–Crippen LogP) is 2.92. The molecule has 2 heterocycles. The lowest BCUT2D eigenvalue weighted by atomic mass is 10.2. The molecule has 0 fully saturated rings. The van der Waals surface area contributed by atoms with Crippen molar-refractivity contribution in [1.82, 2.24) is 9.97 Å². The van der Waals surface area contributed by atoms with Gasteiger partial charge in [0.1, 0.15) is 12.4 Å². The molecule has 1 aromatic carbocycles. The fraction of sp³-hybridized carbons (Fsp3) is 0.333. The molecule has 0 saturated heterocycles. The number of fused-ring (bicyclic) bond motifs is 1. The molecule has 0 atom stereocenters. The van der Waals surface area contributed by atoms with Gasteiger partial charge in [0.25, 0.3) is 0 Å². The molecular formula is C15H16ClN3O. The van der Waals surface area contributed by atoms with Gasteiger partial charge in [-0.2, -0.15) is 0 Å². The van der Waals surface area contributed by atoms with Crippen molar-refractivity contribution in [1.29, 1.82) is 0 Å². The van der Waals surface area contributed by atoms with Gasteiger partial charge in [-0.1, -0.05) is 18.2 Å². The van der Waals surface area contributed by atoms with E-state index in [4.69, 9.17) is 16.3 Å². The number of nitrogens with zero attached hydrogens (tertiary/aromatic N) is 3. The summed E-state index contributed by atoms with van der Waals surface area (Å²) < 4.78 is 5.76. The van der Waals surface area contributed by atoms with Crippen LogP contribution in [0.2, 0.25) is 0 Å². The summed E-state index contributed by atoms with van der Waals surface area (Å²) in [5.41, 5.74) is 3.07. The topological polar surface area (TPSA) is 38.2 Å². The number of hydrogen-bond acceptors (Lipinski definition) is 4. The first-order valence-corrected chi connectivity index (χ1v) is 7.15. The molecule has 1 aliphatic heterocycles. The molecule has 2 aromatic rings. The van der Waals surface area contributed by atoms with Crippen LogP contribution in [0.5, 0.6) is 5.75 Å². The molecule has 0 radical (unpaired) electrons. The zero-order chi connectivity index (χ0) is 13.9. The van der Waals surface area contributed by atoms with Crippen molar-refractivity contribution in [3.63, 3.8) is 0 Å². The van der Waals surface area contributed by atoms with Crippen molar-refractivity contribution >= 4 is 17.5 Å². The molecule has 5 heteroatoms. The fourth-order valence-electron chi connectivity index (χ4n) is 2.26. The Morgan fingerprint density at radius 1 is 1.35 bits per heavy atom. The Hall–Kier alpha value is -1.81. The van der Waals surface area contributed by atoms with Gasteiger partial charge in [-0.15, -0.1) is 11.6 Å². The summed E-state index contributed by atoms with van der Waals surface area (Å²) in [7, 11) is 0. The van der Waals surface area contributed by atoms with E-state index < -0.39 is 0 Å². The fourth-order valence-corrected chi connectivity index (χ4v) is 2.52. The molecule has 4 nitrogen and oxygen atoms in total. The van der Waals surface area contributed by atoms with E-state index in [1.807, 2.05) is 31.3 Å². The van der Waals surface area contributed by atoms with E-state index in [0.717, 1.165) is 41.6 Å². The predicted molar refractivity (Wildman–Crippen MR) is 79.3 cm³/mol. The Morgan fingerprint density at radius 3 is 3.00 bits per heavy atom. The van der Waals surface area contributed by atoms with Crippen LogP contribution >= 0.6 is 11.6 Å². The van der Waals surface area contributed by atoms with Crippen LogP contribution < -0.4 is 9.64 Å². The average Bonchev–Trinajstić information content (AvgIpc) is 2.69. The lowest BCUT2D eigenvalue weighted by Gasteiger charge is -2.20. The summed E-state index contributed by atoms with van der Waals surface area (Å²) in [6.07, 6.45) is 1.81. The van der Waals surface area contributed by atoms with E-state index in [2.05, 4.69) is 20.9 Å². The number of hydrogen-bond donors (Lipinski definition) is 0. The van der Waals surface area contributed by atoms with Crippen molar-refractivity contribution in [2.45, 2.75) is 19.3 Å². The number of halogens is 1. The molecule has 1 aromatic heterocycles. The average molecular weight is 290 g/mol. The standard InChI is InChI=1S/C15H16ClN3O/c1-11-13(8-16)9-17-15(18-11)19-6-7-20-14-5-3-2-4-12(14)10-19/h2-5,9H,6-8,10H2,1H3. The highest BCUT2D eigenvalue weighted by Crippen LogP contribution is 2.24. The van der Waals surface area contributed by atoms with Crippen LogP contribution in [0, 0.1) is 6.92 Å². The summed E-state index contributed by atoms with van der Waals surface area (Å²) in [6.45, 7) is 4.13. The Balaban J connectivity index is 1.89. The van der Waals surface area contributed by atoms with E-state index in [-0.39, 0.29) is 0 Å². The lowest BCUT2D eigenvalue weighted by molar-refractivity contribution is 0.331. The van der Waals surface area contributed by atoms with Gasteiger partial charge in [0.2, 0.25) is 5.95 Å². The minimum Gasteiger partial charge on any atom is -0.491 e. The number of anilines is 1. The first-order chi connectivity index (χ1) is 9.78. The number of aryl methyl sites for hydroxylation is 1. The minimum absolute atomic E-state index is 0.443. The number of aromatic nitrogens is 2. The summed E-state index contributed by atoms with van der Waals surface area (Å²) in [5, 5.41) is 0. The maximum absolute atomic E-state index is 5.85. The summed E-state index contributed by atoms with van der Waals surface area (Å²) in [4.78, 5) is 11.1. The molecule has 1 aliphatic rings. The smallest absolute Gasteiger partial charge is 0.225 e. The van der Waals surface area contributed by atoms with E-state index in [1.165, 1.54) is 0 Å². The van der Waals surface area contributed by atoms with Gasteiger partial charge in [-0.05, 0) is 13.0 Å². The normalized spacial score (nSPS) is 14.4. The van der Waals surface area contributed by atoms with Crippen molar-refractivity contribution in [3.8, 4) is 5.75 Å². The zero-order valence-corrected chi connectivity index (χ0v) is 12.1. The number of rotatable bonds is 2. The van der Waals surface area contributed by atoms with Gasteiger partial charge >= 0.3 is 0 Å². The van der Waals surface area contributed by atoms with Crippen LogP contribution in [0.1, 0.15) is 16.8 Å². The lowest BCUT2D eigenvalue weighted by Crippen LogP contribution is -2.27. The van der Waals surface area contributed by atoms with E-state index in [1.54, 1.807) is 0 Å². The molecule has 0 aliphatic carbocycles. The van der Waals surface area contributed by atoms with Crippen molar-refractivity contribution < 1.29 is 4.74 Å². The number of ether oxygens (including phenoxy) is 1. The molecule has 0 amide bonds. The molecule has 0 bridgehead atoms. The Labute approximate surface area is 123 Å². The van der Waals surface area contributed by atoms with Gasteiger partial charge in [0.05, 0.1) is 12.4 Å². The quantitative estimate of drug-likeness (QED) is 0.797. The molecule has 0 spiro atoms. The maximum Gasteiger partial charge on any atom is 0.225 e.